The van der Waals surface area contributed by atoms with Crippen LogP contribution in [0.15, 0.2) is 0 Å². The smallest absolute Gasteiger partial charge is 0.0503 e. The fourth-order valence-corrected chi connectivity index (χ4v) is 2.31. The van der Waals surface area contributed by atoms with E-state index >= 15 is 0 Å². The Labute approximate surface area is 70.2 Å². The van der Waals surface area contributed by atoms with Crippen molar-refractivity contribution in [1.29, 1.82) is 0 Å². The van der Waals surface area contributed by atoms with Crippen molar-refractivity contribution < 1.29 is 0 Å². The molecular formula is C9H20N2. The Morgan fingerprint density at radius 1 is 1.36 bits per heavy atom. The zero-order valence-electron chi connectivity index (χ0n) is 8.17. The van der Waals surface area contributed by atoms with Crippen LogP contribution in [0.3, 0.4) is 0 Å². The molecule has 1 aliphatic rings. The second-order valence-corrected chi connectivity index (χ2v) is 3.89. The van der Waals surface area contributed by atoms with Crippen LogP contribution in [0.4, 0.5) is 0 Å². The van der Waals surface area contributed by atoms with E-state index in [9.17, 15) is 0 Å². The molecule has 1 saturated heterocycles. The first-order valence-electron chi connectivity index (χ1n) is 4.54. The van der Waals surface area contributed by atoms with Crippen LogP contribution >= 0.6 is 0 Å². The predicted octanol–water partition coefficient (Wildman–Crippen LogP) is 1.24. The second-order valence-electron chi connectivity index (χ2n) is 3.89. The van der Waals surface area contributed by atoms with E-state index in [1.54, 1.807) is 0 Å². The third kappa shape index (κ3) is 1.94. The van der Waals surface area contributed by atoms with E-state index in [0.29, 0.717) is 0 Å². The van der Waals surface area contributed by atoms with Crippen LogP contribution in [-0.4, -0.2) is 43.2 Å². The zero-order valence-corrected chi connectivity index (χ0v) is 8.17. The highest BCUT2D eigenvalue weighted by atomic mass is 15.3. The molecule has 0 aromatic heterocycles. The van der Waals surface area contributed by atoms with E-state index in [4.69, 9.17) is 0 Å². The largest absolute Gasteiger partial charge is 0.293 e. The van der Waals surface area contributed by atoms with Crippen molar-refractivity contribution in [2.24, 2.45) is 5.92 Å². The van der Waals surface area contributed by atoms with Crippen LogP contribution in [0.1, 0.15) is 20.3 Å². The van der Waals surface area contributed by atoms with Gasteiger partial charge in [0, 0.05) is 12.6 Å². The van der Waals surface area contributed by atoms with Crippen LogP contribution in [0.5, 0.6) is 0 Å². The van der Waals surface area contributed by atoms with Crippen molar-refractivity contribution in [2.45, 2.75) is 26.3 Å². The van der Waals surface area contributed by atoms with Crippen LogP contribution in [-0.2, 0) is 0 Å². The van der Waals surface area contributed by atoms with Crippen molar-refractivity contribution in [3.63, 3.8) is 0 Å². The molecule has 66 valence electrons. The fraction of sp³-hybridized carbons (Fsp3) is 1.00. The highest BCUT2D eigenvalue weighted by Crippen LogP contribution is 2.18. The van der Waals surface area contributed by atoms with Gasteiger partial charge in [0.1, 0.15) is 0 Å². The average molecular weight is 156 g/mol. The van der Waals surface area contributed by atoms with Crippen molar-refractivity contribution >= 4 is 0 Å². The van der Waals surface area contributed by atoms with Crippen LogP contribution in [0, 0.1) is 5.92 Å². The topological polar surface area (TPSA) is 6.48 Å². The number of hydrogen-bond donors (Lipinski definition) is 0. The number of rotatable bonds is 1. The van der Waals surface area contributed by atoms with Gasteiger partial charge < -0.3 is 0 Å². The molecule has 0 bridgehead atoms. The monoisotopic (exact) mass is 156 g/mol. The molecule has 1 fully saturated rings. The van der Waals surface area contributed by atoms with Crippen molar-refractivity contribution in [3.8, 4) is 0 Å². The first kappa shape index (κ1) is 9.01. The van der Waals surface area contributed by atoms with E-state index in [0.717, 1.165) is 18.6 Å². The van der Waals surface area contributed by atoms with Gasteiger partial charge in [-0.1, -0.05) is 13.8 Å². The van der Waals surface area contributed by atoms with E-state index in [1.807, 2.05) is 0 Å². The minimum absolute atomic E-state index is 0.797. The summed E-state index contributed by atoms with van der Waals surface area (Å²) in [6.45, 7) is 7.01. The van der Waals surface area contributed by atoms with Gasteiger partial charge in [0.05, 0.1) is 6.67 Å². The molecule has 2 unspecified atom stereocenters. The van der Waals surface area contributed by atoms with E-state index in [2.05, 4.69) is 37.7 Å². The van der Waals surface area contributed by atoms with E-state index in [-0.39, 0.29) is 0 Å². The quantitative estimate of drug-likeness (QED) is 0.563. The summed E-state index contributed by atoms with van der Waals surface area (Å²) in [6, 6.07) is 0.797. The minimum Gasteiger partial charge on any atom is -0.293 e. The molecule has 0 aliphatic carbocycles. The SMILES string of the molecule is CCC1C(C)CN(C)CN1C. The normalized spacial score (nSPS) is 36.0. The van der Waals surface area contributed by atoms with Gasteiger partial charge in [0.25, 0.3) is 0 Å². The molecule has 0 aromatic carbocycles. The number of hydrogen-bond acceptors (Lipinski definition) is 2. The fourth-order valence-electron chi connectivity index (χ4n) is 2.31. The summed E-state index contributed by atoms with van der Waals surface area (Å²) >= 11 is 0. The van der Waals surface area contributed by atoms with Crippen LogP contribution in [0.25, 0.3) is 0 Å². The Balaban J connectivity index is 2.52. The van der Waals surface area contributed by atoms with Gasteiger partial charge in [-0.05, 0) is 26.4 Å². The second kappa shape index (κ2) is 3.55. The van der Waals surface area contributed by atoms with Crippen LogP contribution < -0.4 is 0 Å². The van der Waals surface area contributed by atoms with Gasteiger partial charge in [0.2, 0.25) is 0 Å². The molecule has 0 saturated carbocycles. The van der Waals surface area contributed by atoms with E-state index < -0.39 is 0 Å². The third-order valence-corrected chi connectivity index (χ3v) is 2.71. The molecule has 1 heterocycles. The Morgan fingerprint density at radius 3 is 2.45 bits per heavy atom. The minimum atomic E-state index is 0.797. The summed E-state index contributed by atoms with van der Waals surface area (Å²) in [4.78, 5) is 4.84. The maximum atomic E-state index is 2.45. The van der Waals surface area contributed by atoms with Crippen molar-refractivity contribution in [3.05, 3.63) is 0 Å². The molecule has 0 N–H and O–H groups in total. The summed E-state index contributed by atoms with van der Waals surface area (Å²) in [7, 11) is 4.42. The van der Waals surface area contributed by atoms with E-state index in [1.165, 1.54) is 13.0 Å². The van der Waals surface area contributed by atoms with Crippen molar-refractivity contribution in [2.75, 3.05) is 27.3 Å². The molecule has 0 spiro atoms. The first-order chi connectivity index (χ1) is 5.15. The predicted molar refractivity (Wildman–Crippen MR) is 48.5 cm³/mol. The summed E-state index contributed by atoms with van der Waals surface area (Å²) in [5.41, 5.74) is 0. The highest BCUT2D eigenvalue weighted by molar-refractivity contribution is 4.79. The first-order valence-corrected chi connectivity index (χ1v) is 4.54. The summed E-state index contributed by atoms with van der Waals surface area (Å²) < 4.78 is 0. The maximum absolute atomic E-state index is 2.45. The Morgan fingerprint density at radius 2 is 2.00 bits per heavy atom. The molecule has 2 nitrogen and oxygen atoms in total. The van der Waals surface area contributed by atoms with Crippen LogP contribution in [0.2, 0.25) is 0 Å². The van der Waals surface area contributed by atoms with Gasteiger partial charge >= 0.3 is 0 Å². The lowest BCUT2D eigenvalue weighted by Gasteiger charge is -2.41. The van der Waals surface area contributed by atoms with Gasteiger partial charge in [-0.25, -0.2) is 0 Å². The van der Waals surface area contributed by atoms with Crippen molar-refractivity contribution in [1.82, 2.24) is 9.80 Å². The molecule has 0 amide bonds. The lowest BCUT2D eigenvalue weighted by atomic mass is 9.96. The lowest BCUT2D eigenvalue weighted by molar-refractivity contribution is 0.0356. The molecule has 2 heteroatoms. The highest BCUT2D eigenvalue weighted by Gasteiger charge is 2.26. The maximum Gasteiger partial charge on any atom is 0.0503 e. The molecule has 1 aliphatic heterocycles. The Hall–Kier alpha value is -0.0800. The average Bonchev–Trinajstić information content (AvgIpc) is 1.85. The molecular weight excluding hydrogens is 136 g/mol. The molecule has 1 rings (SSSR count). The lowest BCUT2D eigenvalue weighted by Crippen LogP contribution is -2.51. The molecule has 0 radical (unpaired) electrons. The molecule has 11 heavy (non-hydrogen) atoms. The number of nitrogens with zero attached hydrogens (tertiary/aromatic N) is 2. The van der Waals surface area contributed by atoms with Gasteiger partial charge in [-0.3, -0.25) is 9.80 Å². The zero-order chi connectivity index (χ0) is 8.43. The Bertz CT molecular complexity index is 113. The van der Waals surface area contributed by atoms with Gasteiger partial charge in [0.15, 0.2) is 0 Å². The van der Waals surface area contributed by atoms with Gasteiger partial charge in [-0.15, -0.1) is 0 Å². The molecule has 2 atom stereocenters. The molecule has 0 aromatic rings. The summed E-state index contributed by atoms with van der Waals surface area (Å²) in [5.74, 6) is 0.823. The standard InChI is InChI=1S/C9H20N2/c1-5-9-8(2)6-10(3)7-11(9)4/h8-9H,5-7H2,1-4H3. The summed E-state index contributed by atoms with van der Waals surface area (Å²) in [6.07, 6.45) is 1.28. The van der Waals surface area contributed by atoms with Gasteiger partial charge in [-0.2, -0.15) is 0 Å². The Kier molecular flexibility index (Phi) is 2.90. The third-order valence-electron chi connectivity index (χ3n) is 2.71. The summed E-state index contributed by atoms with van der Waals surface area (Å²) in [5, 5.41) is 0.